The molecule has 1 nitrogen and oxygen atoms in total. The zero-order chi connectivity index (χ0) is 7.40. The van der Waals surface area contributed by atoms with Crippen molar-refractivity contribution in [1.82, 2.24) is 0 Å². The lowest BCUT2D eigenvalue weighted by molar-refractivity contribution is 0.914. The van der Waals surface area contributed by atoms with Gasteiger partial charge in [0.1, 0.15) is 0 Å². The van der Waals surface area contributed by atoms with Gasteiger partial charge in [0.2, 0.25) is 0 Å². The number of hydrogen-bond donors (Lipinski definition) is 1. The summed E-state index contributed by atoms with van der Waals surface area (Å²) in [5.74, 6) is 0. The molecule has 0 bridgehead atoms. The Morgan fingerprint density at radius 2 is 1.82 bits per heavy atom. The van der Waals surface area contributed by atoms with Crippen molar-refractivity contribution in [3.05, 3.63) is 48.6 Å². The molecule has 0 aliphatic carbocycles. The molecule has 0 saturated heterocycles. The Morgan fingerprint density at radius 3 is 2.27 bits per heavy atom. The molecule has 60 valence electrons. The molecule has 0 aliphatic heterocycles. The highest BCUT2D eigenvalue weighted by Crippen LogP contribution is 2.08. The Hall–Kier alpha value is -0.790. The zero-order valence-corrected chi connectivity index (χ0v) is 7.05. The molecule has 0 aliphatic rings. The van der Waals surface area contributed by atoms with Crippen LogP contribution >= 0.6 is 12.4 Å². The summed E-state index contributed by atoms with van der Waals surface area (Å²) in [4.78, 5) is 0. The van der Waals surface area contributed by atoms with Gasteiger partial charge < -0.3 is 5.73 Å². The molecule has 0 aromatic heterocycles. The van der Waals surface area contributed by atoms with E-state index in [-0.39, 0.29) is 18.4 Å². The van der Waals surface area contributed by atoms with E-state index in [0.29, 0.717) is 0 Å². The minimum atomic E-state index is -0.0267. The molecule has 2 heteroatoms. The fraction of sp³-hybridized carbons (Fsp3) is 0.111. The highest BCUT2D eigenvalue weighted by molar-refractivity contribution is 5.85. The molecule has 0 radical (unpaired) electrons. The van der Waals surface area contributed by atoms with Crippen molar-refractivity contribution in [3.63, 3.8) is 0 Å². The van der Waals surface area contributed by atoms with E-state index < -0.39 is 0 Å². The monoisotopic (exact) mass is 169 g/mol. The first-order valence-corrected chi connectivity index (χ1v) is 3.27. The summed E-state index contributed by atoms with van der Waals surface area (Å²) >= 11 is 0. The first-order valence-electron chi connectivity index (χ1n) is 3.27. The van der Waals surface area contributed by atoms with Gasteiger partial charge in [-0.15, -0.1) is 19.0 Å². The van der Waals surface area contributed by atoms with Crippen LogP contribution in [0.15, 0.2) is 43.0 Å². The van der Waals surface area contributed by atoms with Crippen molar-refractivity contribution in [3.8, 4) is 0 Å². The van der Waals surface area contributed by atoms with E-state index in [0.717, 1.165) is 5.56 Å². The topological polar surface area (TPSA) is 26.0 Å². The van der Waals surface area contributed by atoms with E-state index in [4.69, 9.17) is 5.73 Å². The minimum Gasteiger partial charge on any atom is -0.321 e. The first kappa shape index (κ1) is 10.2. The SMILES string of the molecule is C=C[C@@H](N)c1ccccc1.Cl. The maximum atomic E-state index is 5.68. The molecule has 1 atom stereocenters. The van der Waals surface area contributed by atoms with Crippen molar-refractivity contribution >= 4 is 12.4 Å². The molecule has 0 spiro atoms. The highest BCUT2D eigenvalue weighted by Gasteiger charge is 1.96. The molecule has 2 N–H and O–H groups in total. The molecule has 0 unspecified atom stereocenters. The molecule has 0 heterocycles. The second-order valence-corrected chi connectivity index (χ2v) is 2.17. The second-order valence-electron chi connectivity index (χ2n) is 2.17. The van der Waals surface area contributed by atoms with Crippen LogP contribution in [0.4, 0.5) is 0 Å². The zero-order valence-electron chi connectivity index (χ0n) is 6.23. The van der Waals surface area contributed by atoms with E-state index in [1.807, 2.05) is 30.3 Å². The Morgan fingerprint density at radius 1 is 1.27 bits per heavy atom. The smallest absolute Gasteiger partial charge is 0.0478 e. The lowest BCUT2D eigenvalue weighted by Gasteiger charge is -2.03. The minimum absolute atomic E-state index is 0. The van der Waals surface area contributed by atoms with E-state index in [9.17, 15) is 0 Å². The molecular formula is C9H12ClN. The van der Waals surface area contributed by atoms with Gasteiger partial charge in [-0.05, 0) is 5.56 Å². The van der Waals surface area contributed by atoms with Crippen molar-refractivity contribution in [2.45, 2.75) is 6.04 Å². The normalized spacial score (nSPS) is 11.4. The van der Waals surface area contributed by atoms with Gasteiger partial charge in [0.05, 0.1) is 0 Å². The van der Waals surface area contributed by atoms with Gasteiger partial charge in [-0.1, -0.05) is 36.4 Å². The largest absolute Gasteiger partial charge is 0.321 e. The lowest BCUT2D eigenvalue weighted by Crippen LogP contribution is -2.05. The van der Waals surface area contributed by atoms with Gasteiger partial charge in [-0.3, -0.25) is 0 Å². The molecule has 1 aromatic carbocycles. The fourth-order valence-electron chi connectivity index (χ4n) is 0.811. The predicted octanol–water partition coefficient (Wildman–Crippen LogP) is 2.29. The van der Waals surface area contributed by atoms with Gasteiger partial charge in [-0.2, -0.15) is 0 Å². The van der Waals surface area contributed by atoms with Gasteiger partial charge in [0.15, 0.2) is 0 Å². The molecule has 0 amide bonds. The van der Waals surface area contributed by atoms with Crippen LogP contribution in [0, 0.1) is 0 Å². The predicted molar refractivity (Wildman–Crippen MR) is 50.8 cm³/mol. The standard InChI is InChI=1S/C9H11N.ClH/c1-2-9(10)8-6-4-3-5-7-8;/h2-7,9H,1,10H2;1H/t9-;/m1./s1. The van der Waals surface area contributed by atoms with E-state index >= 15 is 0 Å². The summed E-state index contributed by atoms with van der Waals surface area (Å²) < 4.78 is 0. The van der Waals surface area contributed by atoms with Gasteiger partial charge >= 0.3 is 0 Å². The number of hydrogen-bond acceptors (Lipinski definition) is 1. The van der Waals surface area contributed by atoms with E-state index in [1.165, 1.54) is 0 Å². The number of halogens is 1. The Kier molecular flexibility index (Phi) is 4.59. The molecule has 1 rings (SSSR count). The molecule has 1 aromatic rings. The van der Waals surface area contributed by atoms with Crippen molar-refractivity contribution in [1.29, 1.82) is 0 Å². The maximum absolute atomic E-state index is 5.68. The first-order chi connectivity index (χ1) is 4.84. The third-order valence-corrected chi connectivity index (χ3v) is 1.44. The van der Waals surface area contributed by atoms with Crippen LogP contribution in [0.2, 0.25) is 0 Å². The summed E-state index contributed by atoms with van der Waals surface area (Å²) in [7, 11) is 0. The highest BCUT2D eigenvalue weighted by atomic mass is 35.5. The summed E-state index contributed by atoms with van der Waals surface area (Å²) in [6, 6.07) is 9.87. The Balaban J connectivity index is 0.000001000. The van der Waals surface area contributed by atoms with Crippen LogP contribution in [0.5, 0.6) is 0 Å². The summed E-state index contributed by atoms with van der Waals surface area (Å²) in [5, 5.41) is 0. The Labute approximate surface area is 73.3 Å². The summed E-state index contributed by atoms with van der Waals surface area (Å²) in [5.41, 5.74) is 6.79. The summed E-state index contributed by atoms with van der Waals surface area (Å²) in [6.45, 7) is 3.61. The molecule has 0 fully saturated rings. The van der Waals surface area contributed by atoms with Gasteiger partial charge in [0.25, 0.3) is 0 Å². The number of rotatable bonds is 2. The third kappa shape index (κ3) is 2.74. The van der Waals surface area contributed by atoms with Crippen LogP contribution in [-0.2, 0) is 0 Å². The average Bonchev–Trinajstić information content (AvgIpc) is 2.05. The maximum Gasteiger partial charge on any atom is 0.0478 e. The van der Waals surface area contributed by atoms with Crippen LogP contribution in [0.1, 0.15) is 11.6 Å². The fourth-order valence-corrected chi connectivity index (χ4v) is 0.811. The quantitative estimate of drug-likeness (QED) is 0.676. The second kappa shape index (κ2) is 4.94. The van der Waals surface area contributed by atoms with Crippen LogP contribution in [-0.4, -0.2) is 0 Å². The summed E-state index contributed by atoms with van der Waals surface area (Å²) in [6.07, 6.45) is 1.73. The van der Waals surface area contributed by atoms with Crippen LogP contribution in [0.25, 0.3) is 0 Å². The van der Waals surface area contributed by atoms with E-state index in [2.05, 4.69) is 6.58 Å². The number of benzene rings is 1. The number of nitrogens with two attached hydrogens (primary N) is 1. The van der Waals surface area contributed by atoms with Gasteiger partial charge in [-0.25, -0.2) is 0 Å². The van der Waals surface area contributed by atoms with Crippen molar-refractivity contribution < 1.29 is 0 Å². The van der Waals surface area contributed by atoms with Crippen LogP contribution in [0.3, 0.4) is 0 Å². The molecule has 0 saturated carbocycles. The van der Waals surface area contributed by atoms with E-state index in [1.54, 1.807) is 6.08 Å². The van der Waals surface area contributed by atoms with Crippen molar-refractivity contribution in [2.24, 2.45) is 5.73 Å². The lowest BCUT2D eigenvalue weighted by atomic mass is 10.1. The van der Waals surface area contributed by atoms with Crippen LogP contribution < -0.4 is 5.73 Å². The van der Waals surface area contributed by atoms with Gasteiger partial charge in [0, 0.05) is 6.04 Å². The Bertz CT molecular complexity index is 208. The molecule has 11 heavy (non-hydrogen) atoms. The van der Waals surface area contributed by atoms with Crippen molar-refractivity contribution in [2.75, 3.05) is 0 Å². The average molecular weight is 170 g/mol. The molecular weight excluding hydrogens is 158 g/mol. The third-order valence-electron chi connectivity index (χ3n) is 1.44.